The van der Waals surface area contributed by atoms with E-state index in [1.165, 1.54) is 7.11 Å². The highest BCUT2D eigenvalue weighted by molar-refractivity contribution is 5.85. The van der Waals surface area contributed by atoms with E-state index in [-0.39, 0.29) is 0 Å². The Hall–Kier alpha value is -2.23. The average molecular weight is 312 g/mol. The number of ether oxygens (including phenoxy) is 2. The third-order valence-electron chi connectivity index (χ3n) is 3.58. The molecule has 0 saturated carbocycles. The van der Waals surface area contributed by atoms with Gasteiger partial charge in [0.25, 0.3) is 5.60 Å². The van der Waals surface area contributed by atoms with E-state index in [0.717, 1.165) is 19.3 Å². The summed E-state index contributed by atoms with van der Waals surface area (Å²) >= 11 is 0. The van der Waals surface area contributed by atoms with Gasteiger partial charge in [-0.2, -0.15) is 0 Å². The van der Waals surface area contributed by atoms with Crippen molar-refractivity contribution in [2.75, 3.05) is 7.11 Å². The van der Waals surface area contributed by atoms with Crippen molar-refractivity contribution in [1.29, 1.82) is 0 Å². The van der Waals surface area contributed by atoms with Crippen molar-refractivity contribution in [3.63, 3.8) is 0 Å². The van der Waals surface area contributed by atoms with E-state index >= 15 is 0 Å². The molecule has 0 amide bonds. The lowest BCUT2D eigenvalue weighted by Gasteiger charge is -2.26. The molecule has 0 unspecified atom stereocenters. The van der Waals surface area contributed by atoms with Gasteiger partial charge < -0.3 is 9.47 Å². The van der Waals surface area contributed by atoms with E-state index in [9.17, 15) is 4.79 Å². The van der Waals surface area contributed by atoms with E-state index in [0.29, 0.717) is 12.0 Å². The third-order valence-corrected chi connectivity index (χ3v) is 3.58. The molecule has 0 aromatic heterocycles. The third kappa shape index (κ3) is 4.88. The molecule has 0 radical (unpaired) electrons. The van der Waals surface area contributed by atoms with Crippen LogP contribution in [0.25, 0.3) is 0 Å². The zero-order chi connectivity index (χ0) is 17.1. The number of terminal acetylenes is 1. The summed E-state index contributed by atoms with van der Waals surface area (Å²) in [6.45, 7) is 3.77. The summed E-state index contributed by atoms with van der Waals surface area (Å²) in [5.41, 5.74) is -0.818. The average Bonchev–Trinajstić information content (AvgIpc) is 2.59. The topological polar surface area (TPSA) is 35.5 Å². The molecule has 2 atom stereocenters. The first-order valence-electron chi connectivity index (χ1n) is 7.86. The fourth-order valence-electron chi connectivity index (χ4n) is 2.31. The Labute approximate surface area is 139 Å². The minimum Gasteiger partial charge on any atom is -0.446 e. The van der Waals surface area contributed by atoms with Gasteiger partial charge in [-0.3, -0.25) is 0 Å². The normalized spacial score (nSPS) is 13.8. The highest BCUT2D eigenvalue weighted by atomic mass is 16.6. The second-order valence-corrected chi connectivity index (χ2v) is 5.18. The van der Waals surface area contributed by atoms with Crippen LogP contribution in [0.1, 0.15) is 45.1 Å². The summed E-state index contributed by atoms with van der Waals surface area (Å²) in [5, 5.41) is 0. The number of hydrogen-bond donors (Lipinski definition) is 0. The van der Waals surface area contributed by atoms with Crippen molar-refractivity contribution >= 4 is 5.97 Å². The molecule has 3 heteroatoms. The molecular formula is C20H24O3. The number of rotatable bonds is 8. The van der Waals surface area contributed by atoms with Gasteiger partial charge in [0, 0.05) is 12.7 Å². The maximum atomic E-state index is 12.7. The van der Waals surface area contributed by atoms with Crippen LogP contribution >= 0.6 is 0 Å². The number of carbonyl (C=O) groups excluding carboxylic acids is 1. The number of methoxy groups -OCH3 is 1. The molecule has 0 spiro atoms. The number of unbranched alkanes of at least 4 members (excludes halogenated alkanes) is 2. The maximum absolute atomic E-state index is 12.7. The van der Waals surface area contributed by atoms with Crippen LogP contribution in [0, 0.1) is 24.2 Å². The zero-order valence-electron chi connectivity index (χ0n) is 14.1. The van der Waals surface area contributed by atoms with Crippen molar-refractivity contribution in [1.82, 2.24) is 0 Å². The number of esters is 1. The Morgan fingerprint density at radius 3 is 2.52 bits per heavy atom. The van der Waals surface area contributed by atoms with Gasteiger partial charge in [0.2, 0.25) is 0 Å². The van der Waals surface area contributed by atoms with Crippen LogP contribution in [-0.2, 0) is 19.9 Å². The standard InChI is InChI=1S/C20H24O3/c1-5-8-10-15-18(7-3)23-19(21)20(22-4,16-6-2)17-13-11-9-12-14-17/h3,9,11-14,18H,5,8,10,15H2,1-2,4H3/t18-,20+/m1/s1. The maximum Gasteiger partial charge on any atom is 0.357 e. The smallest absolute Gasteiger partial charge is 0.357 e. The van der Waals surface area contributed by atoms with Gasteiger partial charge in [-0.15, -0.1) is 12.3 Å². The molecule has 1 aromatic carbocycles. The fourth-order valence-corrected chi connectivity index (χ4v) is 2.31. The van der Waals surface area contributed by atoms with E-state index in [1.807, 2.05) is 18.2 Å². The first-order valence-corrected chi connectivity index (χ1v) is 7.86. The summed E-state index contributed by atoms with van der Waals surface area (Å²) in [5.74, 6) is 7.56. The van der Waals surface area contributed by atoms with Gasteiger partial charge in [0.05, 0.1) is 0 Å². The molecule has 1 aromatic rings. The predicted molar refractivity (Wildman–Crippen MR) is 91.4 cm³/mol. The van der Waals surface area contributed by atoms with Crippen molar-refractivity contribution in [3.8, 4) is 24.2 Å². The highest BCUT2D eigenvalue weighted by Crippen LogP contribution is 2.27. The lowest BCUT2D eigenvalue weighted by molar-refractivity contribution is -0.166. The van der Waals surface area contributed by atoms with Gasteiger partial charge in [-0.1, -0.05) is 61.9 Å². The van der Waals surface area contributed by atoms with Gasteiger partial charge in [0.1, 0.15) is 0 Å². The second-order valence-electron chi connectivity index (χ2n) is 5.18. The molecule has 1 rings (SSSR count). The molecule has 122 valence electrons. The van der Waals surface area contributed by atoms with Crippen LogP contribution in [0.4, 0.5) is 0 Å². The molecule has 0 fully saturated rings. The summed E-state index contributed by atoms with van der Waals surface area (Å²) < 4.78 is 11.0. The first kappa shape index (κ1) is 18.8. The van der Waals surface area contributed by atoms with E-state index in [2.05, 4.69) is 24.7 Å². The van der Waals surface area contributed by atoms with Crippen LogP contribution in [-0.4, -0.2) is 19.2 Å². The number of hydrogen-bond acceptors (Lipinski definition) is 3. The Morgan fingerprint density at radius 2 is 2.00 bits per heavy atom. The van der Waals surface area contributed by atoms with Crippen molar-refractivity contribution in [2.45, 2.75) is 51.2 Å². The first-order chi connectivity index (χ1) is 11.1. The summed E-state index contributed by atoms with van der Waals surface area (Å²) in [6, 6.07) is 9.10. The highest BCUT2D eigenvalue weighted by Gasteiger charge is 2.41. The van der Waals surface area contributed by atoms with Crippen molar-refractivity contribution < 1.29 is 14.3 Å². The van der Waals surface area contributed by atoms with Crippen LogP contribution < -0.4 is 0 Å². The molecule has 0 aliphatic heterocycles. The minimum atomic E-state index is -1.45. The Balaban J connectivity index is 3.01. The molecule has 0 bridgehead atoms. The van der Waals surface area contributed by atoms with E-state index in [4.69, 9.17) is 15.9 Å². The monoisotopic (exact) mass is 312 g/mol. The van der Waals surface area contributed by atoms with Gasteiger partial charge in [-0.05, 0) is 19.8 Å². The van der Waals surface area contributed by atoms with Crippen molar-refractivity contribution in [2.24, 2.45) is 0 Å². The quantitative estimate of drug-likeness (QED) is 0.417. The molecule has 0 aliphatic rings. The van der Waals surface area contributed by atoms with Gasteiger partial charge >= 0.3 is 5.97 Å². The minimum absolute atomic E-state index is 0.564. The summed E-state index contributed by atoms with van der Waals surface area (Å²) in [7, 11) is 1.45. The molecule has 23 heavy (non-hydrogen) atoms. The summed E-state index contributed by atoms with van der Waals surface area (Å²) in [6.07, 6.45) is 8.63. The number of carbonyl (C=O) groups is 1. The Bertz CT molecular complexity index is 589. The zero-order valence-corrected chi connectivity index (χ0v) is 14.1. The molecular weight excluding hydrogens is 288 g/mol. The van der Waals surface area contributed by atoms with Crippen LogP contribution in [0.3, 0.4) is 0 Å². The second kappa shape index (κ2) is 9.72. The van der Waals surface area contributed by atoms with Crippen LogP contribution in [0.15, 0.2) is 30.3 Å². The molecule has 0 aliphatic carbocycles. The molecule has 0 heterocycles. The molecule has 0 saturated heterocycles. The molecule has 3 nitrogen and oxygen atoms in total. The lowest BCUT2D eigenvalue weighted by atomic mass is 9.94. The van der Waals surface area contributed by atoms with E-state index < -0.39 is 17.7 Å². The fraction of sp³-hybridized carbons (Fsp3) is 0.450. The van der Waals surface area contributed by atoms with Crippen molar-refractivity contribution in [3.05, 3.63) is 35.9 Å². The lowest BCUT2D eigenvalue weighted by Crippen LogP contribution is -2.40. The van der Waals surface area contributed by atoms with Gasteiger partial charge in [-0.25, -0.2) is 4.79 Å². The van der Waals surface area contributed by atoms with Gasteiger partial charge in [0.15, 0.2) is 6.10 Å². The molecule has 0 N–H and O–H groups in total. The van der Waals surface area contributed by atoms with E-state index in [1.54, 1.807) is 19.1 Å². The SMILES string of the molecule is C#C[C@H](CCCCC)OC(=O)[C@@](C#CC)(OC)c1ccccc1. The van der Waals surface area contributed by atoms with Crippen LogP contribution in [0.5, 0.6) is 0 Å². The van der Waals surface area contributed by atoms with Crippen LogP contribution in [0.2, 0.25) is 0 Å². The predicted octanol–water partition coefficient (Wildman–Crippen LogP) is 3.68. The largest absolute Gasteiger partial charge is 0.446 e. The Kier molecular flexibility index (Phi) is 7.95. The number of benzene rings is 1. The summed E-state index contributed by atoms with van der Waals surface area (Å²) in [4.78, 5) is 12.7. The Morgan fingerprint density at radius 1 is 1.30 bits per heavy atom.